The van der Waals surface area contributed by atoms with Crippen molar-refractivity contribution < 1.29 is 4.79 Å². The van der Waals surface area contributed by atoms with Crippen LogP contribution in [-0.2, 0) is 0 Å². The Kier molecular flexibility index (Phi) is 5.44. The third kappa shape index (κ3) is 4.10. The number of hydrogen-bond donors (Lipinski definition) is 0. The second-order valence-corrected chi connectivity index (χ2v) is 6.94. The Morgan fingerprint density at radius 3 is 1.61 bits per heavy atom. The molecule has 0 aromatic heterocycles. The maximum absolute atomic E-state index is 12.9. The van der Waals surface area contributed by atoms with E-state index >= 15 is 0 Å². The number of benzene rings is 4. The van der Waals surface area contributed by atoms with Crippen LogP contribution in [-0.4, -0.2) is 5.78 Å². The molecule has 0 N–H and O–H groups in total. The molecule has 4 rings (SSSR count). The predicted molar refractivity (Wildman–Crippen MR) is 116 cm³/mol. The number of carbonyl (C=O) groups excluding carboxylic acids is 1. The van der Waals surface area contributed by atoms with Gasteiger partial charge in [-0.1, -0.05) is 115 Å². The highest BCUT2D eigenvalue weighted by molar-refractivity contribution is 5.96. The van der Waals surface area contributed by atoms with Gasteiger partial charge in [-0.25, -0.2) is 0 Å². The van der Waals surface area contributed by atoms with Crippen LogP contribution in [0.1, 0.15) is 33.8 Å². The van der Waals surface area contributed by atoms with E-state index in [9.17, 15) is 4.79 Å². The van der Waals surface area contributed by atoms with Gasteiger partial charge < -0.3 is 0 Å². The van der Waals surface area contributed by atoms with Gasteiger partial charge in [-0.05, 0) is 22.3 Å². The number of carbonyl (C=O) groups is 1. The second-order valence-electron chi connectivity index (χ2n) is 6.94. The van der Waals surface area contributed by atoms with Gasteiger partial charge in [0, 0.05) is 17.9 Å². The summed E-state index contributed by atoms with van der Waals surface area (Å²) in [4.78, 5) is 12.9. The third-order valence-corrected chi connectivity index (χ3v) is 5.11. The first-order valence-electron chi connectivity index (χ1n) is 9.60. The fourth-order valence-electron chi connectivity index (χ4n) is 3.58. The molecule has 0 saturated carbocycles. The maximum atomic E-state index is 12.9. The molecule has 0 radical (unpaired) electrons. The van der Waals surface area contributed by atoms with Crippen LogP contribution in [0.2, 0.25) is 0 Å². The lowest BCUT2D eigenvalue weighted by atomic mass is 9.85. The van der Waals surface area contributed by atoms with Crippen molar-refractivity contribution >= 4 is 5.78 Å². The highest BCUT2D eigenvalue weighted by Gasteiger charge is 2.19. The van der Waals surface area contributed by atoms with Crippen LogP contribution in [0.3, 0.4) is 0 Å². The van der Waals surface area contributed by atoms with E-state index in [4.69, 9.17) is 0 Å². The minimum atomic E-state index is 0.0405. The molecule has 136 valence electrons. The van der Waals surface area contributed by atoms with Crippen LogP contribution in [0.4, 0.5) is 0 Å². The highest BCUT2D eigenvalue weighted by atomic mass is 16.1. The minimum Gasteiger partial charge on any atom is -0.294 e. The molecular formula is C27H22O. The van der Waals surface area contributed by atoms with E-state index in [0.29, 0.717) is 6.42 Å². The van der Waals surface area contributed by atoms with Crippen molar-refractivity contribution in [2.45, 2.75) is 12.3 Å². The molecule has 0 heterocycles. The van der Waals surface area contributed by atoms with Crippen molar-refractivity contribution in [2.24, 2.45) is 0 Å². The van der Waals surface area contributed by atoms with Gasteiger partial charge in [0.25, 0.3) is 0 Å². The van der Waals surface area contributed by atoms with Gasteiger partial charge in [0.1, 0.15) is 0 Å². The standard InChI is InChI=1S/C27H22O/c28-27(25-14-8-3-9-15-25)20-26(23-12-6-2-7-13-23)24-18-16-22(17-19-24)21-10-4-1-5-11-21/h1-19,26H,20H2/t26-/m1/s1. The lowest BCUT2D eigenvalue weighted by Crippen LogP contribution is -2.09. The SMILES string of the molecule is O=C(C[C@H](c1ccccc1)c1ccc(-c2ccccc2)cc1)c1ccccc1. The molecule has 0 saturated heterocycles. The molecule has 28 heavy (non-hydrogen) atoms. The normalized spacial score (nSPS) is 11.7. The average Bonchev–Trinajstić information content (AvgIpc) is 2.79. The molecule has 4 aromatic carbocycles. The largest absolute Gasteiger partial charge is 0.294 e. The van der Waals surface area contributed by atoms with Gasteiger partial charge in [0.2, 0.25) is 0 Å². The van der Waals surface area contributed by atoms with E-state index in [1.54, 1.807) is 0 Å². The van der Waals surface area contributed by atoms with E-state index in [-0.39, 0.29) is 11.7 Å². The van der Waals surface area contributed by atoms with Crippen molar-refractivity contribution in [1.82, 2.24) is 0 Å². The van der Waals surface area contributed by atoms with Gasteiger partial charge in [0.05, 0.1) is 0 Å². The molecule has 0 aliphatic rings. The Morgan fingerprint density at radius 2 is 1.00 bits per heavy atom. The summed E-state index contributed by atoms with van der Waals surface area (Å²) in [6.45, 7) is 0. The van der Waals surface area contributed by atoms with Crippen molar-refractivity contribution in [3.8, 4) is 11.1 Å². The molecule has 1 nitrogen and oxygen atoms in total. The van der Waals surface area contributed by atoms with E-state index in [0.717, 1.165) is 11.1 Å². The van der Waals surface area contributed by atoms with Crippen molar-refractivity contribution in [3.05, 3.63) is 132 Å². The molecule has 0 aliphatic heterocycles. The first-order chi connectivity index (χ1) is 13.8. The molecule has 4 aromatic rings. The summed E-state index contributed by atoms with van der Waals surface area (Å²) < 4.78 is 0. The van der Waals surface area contributed by atoms with E-state index in [1.165, 1.54) is 16.7 Å². The van der Waals surface area contributed by atoms with Crippen LogP contribution < -0.4 is 0 Å². The Hall–Kier alpha value is -3.45. The quantitative estimate of drug-likeness (QED) is 0.346. The first-order valence-corrected chi connectivity index (χ1v) is 9.60. The Bertz CT molecular complexity index is 1020. The Morgan fingerprint density at radius 1 is 0.536 bits per heavy atom. The van der Waals surface area contributed by atoms with Crippen LogP contribution in [0.15, 0.2) is 115 Å². The van der Waals surface area contributed by atoms with Crippen LogP contribution in [0, 0.1) is 0 Å². The zero-order valence-corrected chi connectivity index (χ0v) is 15.7. The van der Waals surface area contributed by atoms with Gasteiger partial charge in [-0.15, -0.1) is 0 Å². The summed E-state index contributed by atoms with van der Waals surface area (Å²) in [5.74, 6) is 0.209. The fourth-order valence-corrected chi connectivity index (χ4v) is 3.58. The summed E-state index contributed by atoms with van der Waals surface area (Å²) in [5, 5.41) is 0. The van der Waals surface area contributed by atoms with Gasteiger partial charge in [-0.2, -0.15) is 0 Å². The van der Waals surface area contributed by atoms with Gasteiger partial charge in [-0.3, -0.25) is 4.79 Å². The smallest absolute Gasteiger partial charge is 0.163 e. The molecule has 1 atom stereocenters. The number of Topliss-reactive ketones (excluding diaryl/α,β-unsaturated/α-hetero) is 1. The molecule has 0 fully saturated rings. The molecule has 0 bridgehead atoms. The minimum absolute atomic E-state index is 0.0405. The maximum Gasteiger partial charge on any atom is 0.163 e. The molecule has 1 heteroatoms. The van der Waals surface area contributed by atoms with E-state index < -0.39 is 0 Å². The molecule has 0 amide bonds. The summed E-state index contributed by atoms with van der Waals surface area (Å²) in [5.41, 5.74) is 5.48. The lowest BCUT2D eigenvalue weighted by molar-refractivity contribution is 0.0977. The molecule has 0 unspecified atom stereocenters. The number of hydrogen-bond acceptors (Lipinski definition) is 1. The lowest BCUT2D eigenvalue weighted by Gasteiger charge is -2.18. The summed E-state index contributed by atoms with van der Waals surface area (Å²) in [7, 11) is 0. The van der Waals surface area contributed by atoms with Gasteiger partial charge in [0.15, 0.2) is 5.78 Å². The molecule has 0 spiro atoms. The average molecular weight is 362 g/mol. The van der Waals surface area contributed by atoms with E-state index in [1.807, 2.05) is 54.6 Å². The van der Waals surface area contributed by atoms with Crippen molar-refractivity contribution in [3.63, 3.8) is 0 Å². The van der Waals surface area contributed by atoms with Crippen molar-refractivity contribution in [2.75, 3.05) is 0 Å². The Labute approximate surface area is 166 Å². The molecular weight excluding hydrogens is 340 g/mol. The van der Waals surface area contributed by atoms with Crippen LogP contribution in [0.25, 0.3) is 11.1 Å². The predicted octanol–water partition coefficient (Wildman–Crippen LogP) is 6.76. The third-order valence-electron chi connectivity index (χ3n) is 5.11. The topological polar surface area (TPSA) is 17.1 Å². The zero-order valence-electron chi connectivity index (χ0n) is 15.7. The number of ketones is 1. The van der Waals surface area contributed by atoms with Crippen molar-refractivity contribution in [1.29, 1.82) is 0 Å². The Balaban J connectivity index is 1.65. The number of rotatable bonds is 6. The van der Waals surface area contributed by atoms with E-state index in [2.05, 4.69) is 60.7 Å². The zero-order chi connectivity index (χ0) is 19.2. The highest BCUT2D eigenvalue weighted by Crippen LogP contribution is 2.31. The first kappa shape index (κ1) is 17.9. The van der Waals surface area contributed by atoms with Crippen LogP contribution >= 0.6 is 0 Å². The second kappa shape index (κ2) is 8.49. The van der Waals surface area contributed by atoms with Crippen LogP contribution in [0.5, 0.6) is 0 Å². The van der Waals surface area contributed by atoms with Gasteiger partial charge >= 0.3 is 0 Å². The summed E-state index contributed by atoms with van der Waals surface area (Å²) >= 11 is 0. The summed E-state index contributed by atoms with van der Waals surface area (Å²) in [6, 6.07) is 38.8. The fraction of sp³-hybridized carbons (Fsp3) is 0.0741. The monoisotopic (exact) mass is 362 g/mol. The molecule has 0 aliphatic carbocycles. The summed E-state index contributed by atoms with van der Waals surface area (Å²) in [6.07, 6.45) is 0.457.